The molecule has 3 nitrogen and oxygen atoms in total. The third kappa shape index (κ3) is 3.93. The summed E-state index contributed by atoms with van der Waals surface area (Å²) in [7, 11) is 0. The predicted octanol–water partition coefficient (Wildman–Crippen LogP) is 2.81. The van der Waals surface area contributed by atoms with Crippen molar-refractivity contribution in [1.29, 1.82) is 5.41 Å². The van der Waals surface area contributed by atoms with Crippen molar-refractivity contribution in [3.05, 3.63) is 30.3 Å². The zero-order valence-corrected chi connectivity index (χ0v) is 9.99. The topological polar surface area (TPSA) is 59.1 Å². The Morgan fingerprint density at radius 2 is 1.94 bits per heavy atom. The SMILES string of the molecule is CC(C)(CCCOc1ccccc1)C(=N)N. The van der Waals surface area contributed by atoms with Gasteiger partial charge in [-0.2, -0.15) is 0 Å². The van der Waals surface area contributed by atoms with Gasteiger partial charge >= 0.3 is 0 Å². The van der Waals surface area contributed by atoms with Crippen molar-refractivity contribution in [2.45, 2.75) is 26.7 Å². The first-order chi connectivity index (χ1) is 7.52. The minimum atomic E-state index is -0.222. The molecule has 88 valence electrons. The number of hydrogen-bond acceptors (Lipinski definition) is 2. The van der Waals surface area contributed by atoms with Crippen LogP contribution < -0.4 is 10.5 Å². The molecule has 0 amide bonds. The number of para-hydroxylation sites is 1. The van der Waals surface area contributed by atoms with Crippen molar-refractivity contribution in [2.24, 2.45) is 11.1 Å². The molecular weight excluding hydrogens is 200 g/mol. The van der Waals surface area contributed by atoms with Crippen molar-refractivity contribution in [3.8, 4) is 5.75 Å². The average Bonchev–Trinajstić information content (AvgIpc) is 2.26. The molecule has 3 N–H and O–H groups in total. The van der Waals surface area contributed by atoms with Gasteiger partial charge in [0.15, 0.2) is 0 Å². The molecule has 0 bridgehead atoms. The number of nitrogens with two attached hydrogens (primary N) is 1. The number of hydrogen-bond donors (Lipinski definition) is 2. The van der Waals surface area contributed by atoms with Crippen LogP contribution in [0.2, 0.25) is 0 Å². The number of nitrogens with one attached hydrogen (secondary N) is 1. The number of amidine groups is 1. The lowest BCUT2D eigenvalue weighted by atomic mass is 9.87. The average molecular weight is 220 g/mol. The van der Waals surface area contributed by atoms with Crippen LogP contribution in [0.4, 0.5) is 0 Å². The maximum absolute atomic E-state index is 7.43. The van der Waals surface area contributed by atoms with Gasteiger partial charge in [0, 0.05) is 5.41 Å². The van der Waals surface area contributed by atoms with Gasteiger partial charge in [0.05, 0.1) is 12.4 Å². The highest BCUT2D eigenvalue weighted by molar-refractivity contribution is 5.82. The fourth-order valence-electron chi connectivity index (χ4n) is 1.36. The summed E-state index contributed by atoms with van der Waals surface area (Å²) in [6.45, 7) is 4.64. The Hall–Kier alpha value is -1.51. The second-order valence-electron chi connectivity index (χ2n) is 4.56. The molecule has 16 heavy (non-hydrogen) atoms. The van der Waals surface area contributed by atoms with E-state index in [-0.39, 0.29) is 11.3 Å². The van der Waals surface area contributed by atoms with E-state index in [0.717, 1.165) is 18.6 Å². The largest absolute Gasteiger partial charge is 0.494 e. The normalized spacial score (nSPS) is 11.1. The van der Waals surface area contributed by atoms with Gasteiger partial charge in [-0.05, 0) is 25.0 Å². The molecule has 1 aromatic carbocycles. The smallest absolute Gasteiger partial charge is 0.119 e. The maximum Gasteiger partial charge on any atom is 0.119 e. The van der Waals surface area contributed by atoms with E-state index >= 15 is 0 Å². The summed E-state index contributed by atoms with van der Waals surface area (Å²) in [4.78, 5) is 0. The summed E-state index contributed by atoms with van der Waals surface area (Å²) < 4.78 is 5.57. The van der Waals surface area contributed by atoms with E-state index in [1.807, 2.05) is 44.2 Å². The van der Waals surface area contributed by atoms with Crippen LogP contribution >= 0.6 is 0 Å². The summed E-state index contributed by atoms with van der Waals surface area (Å²) >= 11 is 0. The van der Waals surface area contributed by atoms with E-state index in [2.05, 4.69) is 0 Å². The predicted molar refractivity (Wildman–Crippen MR) is 66.9 cm³/mol. The van der Waals surface area contributed by atoms with Crippen molar-refractivity contribution >= 4 is 5.84 Å². The lowest BCUT2D eigenvalue weighted by Gasteiger charge is -2.22. The number of rotatable bonds is 6. The molecule has 0 aromatic heterocycles. The van der Waals surface area contributed by atoms with Crippen LogP contribution in [0.25, 0.3) is 0 Å². The number of benzene rings is 1. The fraction of sp³-hybridized carbons (Fsp3) is 0.462. The van der Waals surface area contributed by atoms with Crippen LogP contribution in [0.1, 0.15) is 26.7 Å². The van der Waals surface area contributed by atoms with Crippen molar-refractivity contribution in [1.82, 2.24) is 0 Å². The molecule has 0 aliphatic heterocycles. The Morgan fingerprint density at radius 3 is 2.50 bits per heavy atom. The Balaban J connectivity index is 2.25. The molecule has 0 saturated heterocycles. The zero-order valence-electron chi connectivity index (χ0n) is 9.99. The molecule has 0 saturated carbocycles. The van der Waals surface area contributed by atoms with Crippen LogP contribution in [0.5, 0.6) is 5.75 Å². The summed E-state index contributed by atoms with van der Waals surface area (Å²) in [5, 5.41) is 7.43. The minimum absolute atomic E-state index is 0.222. The first-order valence-corrected chi connectivity index (χ1v) is 5.55. The third-order valence-corrected chi connectivity index (χ3v) is 2.69. The molecule has 0 radical (unpaired) electrons. The molecular formula is C13H20N2O. The first kappa shape index (κ1) is 12.6. The Morgan fingerprint density at radius 1 is 1.31 bits per heavy atom. The van der Waals surface area contributed by atoms with Gasteiger partial charge in [-0.1, -0.05) is 32.0 Å². The summed E-state index contributed by atoms with van der Waals surface area (Å²) in [5.74, 6) is 1.13. The zero-order chi connectivity index (χ0) is 12.0. The van der Waals surface area contributed by atoms with Gasteiger partial charge in [0.2, 0.25) is 0 Å². The van der Waals surface area contributed by atoms with E-state index in [1.165, 1.54) is 0 Å². The van der Waals surface area contributed by atoms with Gasteiger partial charge in [-0.25, -0.2) is 0 Å². The monoisotopic (exact) mass is 220 g/mol. The molecule has 0 aliphatic carbocycles. The highest BCUT2D eigenvalue weighted by Crippen LogP contribution is 2.21. The summed E-state index contributed by atoms with van der Waals surface area (Å²) in [5.41, 5.74) is 5.28. The fourth-order valence-corrected chi connectivity index (χ4v) is 1.36. The number of ether oxygens (including phenoxy) is 1. The molecule has 0 spiro atoms. The molecule has 0 unspecified atom stereocenters. The molecule has 1 rings (SSSR count). The van der Waals surface area contributed by atoms with E-state index in [1.54, 1.807) is 0 Å². The highest BCUT2D eigenvalue weighted by Gasteiger charge is 2.20. The molecule has 3 heteroatoms. The quantitative estimate of drug-likeness (QED) is 0.440. The Kier molecular flexibility index (Phi) is 4.35. The van der Waals surface area contributed by atoms with Crippen molar-refractivity contribution in [2.75, 3.05) is 6.61 Å². The summed E-state index contributed by atoms with van der Waals surface area (Å²) in [6.07, 6.45) is 1.77. The van der Waals surface area contributed by atoms with Crippen LogP contribution in [0, 0.1) is 10.8 Å². The lowest BCUT2D eigenvalue weighted by molar-refractivity contribution is 0.287. The van der Waals surface area contributed by atoms with E-state index in [9.17, 15) is 0 Å². The summed E-state index contributed by atoms with van der Waals surface area (Å²) in [6, 6.07) is 9.75. The van der Waals surface area contributed by atoms with Crippen LogP contribution in [-0.4, -0.2) is 12.4 Å². The maximum atomic E-state index is 7.43. The molecule has 0 heterocycles. The van der Waals surface area contributed by atoms with Crippen molar-refractivity contribution < 1.29 is 4.74 Å². The van der Waals surface area contributed by atoms with Crippen molar-refractivity contribution in [3.63, 3.8) is 0 Å². The molecule has 0 atom stereocenters. The van der Waals surface area contributed by atoms with E-state index in [0.29, 0.717) is 6.61 Å². The molecule has 0 fully saturated rings. The molecule has 1 aromatic rings. The van der Waals surface area contributed by atoms with Crippen LogP contribution in [0.15, 0.2) is 30.3 Å². The van der Waals surface area contributed by atoms with Gasteiger partial charge < -0.3 is 10.5 Å². The van der Waals surface area contributed by atoms with Gasteiger partial charge in [-0.15, -0.1) is 0 Å². The van der Waals surface area contributed by atoms with Gasteiger partial charge in [-0.3, -0.25) is 5.41 Å². The Bertz CT molecular complexity index is 333. The van der Waals surface area contributed by atoms with Gasteiger partial charge in [0.25, 0.3) is 0 Å². The second-order valence-corrected chi connectivity index (χ2v) is 4.56. The van der Waals surface area contributed by atoms with Gasteiger partial charge in [0.1, 0.15) is 5.75 Å². The van der Waals surface area contributed by atoms with Crippen LogP contribution in [-0.2, 0) is 0 Å². The minimum Gasteiger partial charge on any atom is -0.494 e. The highest BCUT2D eigenvalue weighted by atomic mass is 16.5. The first-order valence-electron chi connectivity index (χ1n) is 5.55. The van der Waals surface area contributed by atoms with Crippen LogP contribution in [0.3, 0.4) is 0 Å². The molecule has 0 aliphatic rings. The Labute approximate surface area is 97.1 Å². The standard InChI is InChI=1S/C13H20N2O/c1-13(2,12(14)15)9-6-10-16-11-7-4-3-5-8-11/h3-5,7-8H,6,9-10H2,1-2H3,(H3,14,15). The lowest BCUT2D eigenvalue weighted by Crippen LogP contribution is -2.31. The van der Waals surface area contributed by atoms with E-state index < -0.39 is 0 Å². The third-order valence-electron chi connectivity index (χ3n) is 2.69. The second kappa shape index (κ2) is 5.54. The van der Waals surface area contributed by atoms with E-state index in [4.69, 9.17) is 15.9 Å².